The van der Waals surface area contributed by atoms with Crippen LogP contribution in [-0.4, -0.2) is 26.5 Å². The molecule has 0 bridgehead atoms. The Morgan fingerprint density at radius 3 is 2.86 bits per heavy atom. The molecule has 0 saturated heterocycles. The van der Waals surface area contributed by atoms with E-state index in [1.165, 1.54) is 0 Å². The van der Waals surface area contributed by atoms with E-state index in [-0.39, 0.29) is 0 Å². The minimum Gasteiger partial charge on any atom is -0.383 e. The molecule has 0 aromatic heterocycles. The number of hydrogen-bond acceptors (Lipinski definition) is 2. The third kappa shape index (κ3) is 5.63. The highest BCUT2D eigenvalue weighted by molar-refractivity contribution is 5.53. The van der Waals surface area contributed by atoms with Crippen LogP contribution < -0.4 is 0 Å². The summed E-state index contributed by atoms with van der Waals surface area (Å²) >= 11 is 0. The Morgan fingerprint density at radius 1 is 1.71 bits per heavy atom. The molecule has 0 saturated carbocycles. The minimum absolute atomic E-state index is 0.727. The Balaban J connectivity index is 2.69. The largest absolute Gasteiger partial charge is 0.383 e. The second-order valence-electron chi connectivity index (χ2n) is 1.16. The molecular weight excluding hydrogens is 90.1 g/mol. The van der Waals surface area contributed by atoms with Gasteiger partial charge in [0.25, 0.3) is 0 Å². The number of rotatable bonds is 3. The second kappa shape index (κ2) is 5.63. The van der Waals surface area contributed by atoms with E-state index in [1.54, 1.807) is 13.3 Å². The normalized spacial score (nSPS) is 10.6. The summed E-state index contributed by atoms with van der Waals surface area (Å²) in [4.78, 5) is 3.91. The van der Waals surface area contributed by atoms with Crippen LogP contribution in [0.1, 0.15) is 6.92 Å². The van der Waals surface area contributed by atoms with Gasteiger partial charge in [-0.15, -0.1) is 0 Å². The van der Waals surface area contributed by atoms with Crippen LogP contribution in [0.3, 0.4) is 0 Å². The average Bonchev–Trinajstić information content (AvgIpc) is 1.69. The molecule has 0 aromatic rings. The van der Waals surface area contributed by atoms with Gasteiger partial charge in [-0.2, -0.15) is 0 Å². The van der Waals surface area contributed by atoms with Crippen molar-refractivity contribution in [2.75, 3.05) is 20.3 Å². The lowest BCUT2D eigenvalue weighted by Crippen LogP contribution is -1.91. The van der Waals surface area contributed by atoms with Crippen LogP contribution in [0.2, 0.25) is 0 Å². The Labute approximate surface area is 44.2 Å². The lowest BCUT2D eigenvalue weighted by atomic mass is 10.7. The topological polar surface area (TPSA) is 21.6 Å². The lowest BCUT2D eigenvalue weighted by molar-refractivity contribution is 0.208. The highest BCUT2D eigenvalue weighted by Crippen LogP contribution is 1.67. The molecule has 0 aliphatic heterocycles. The van der Waals surface area contributed by atoms with E-state index in [9.17, 15) is 0 Å². The molecule has 0 amide bonds. The zero-order valence-corrected chi connectivity index (χ0v) is 4.85. The molecule has 2 nitrogen and oxygen atoms in total. The molecule has 0 radical (unpaired) electrons. The maximum absolute atomic E-state index is 4.73. The van der Waals surface area contributed by atoms with Crippen LogP contribution in [0.15, 0.2) is 4.99 Å². The predicted molar refractivity (Wildman–Crippen MR) is 30.9 cm³/mol. The lowest BCUT2D eigenvalue weighted by Gasteiger charge is -1.87. The molecule has 0 atom stereocenters. The maximum atomic E-state index is 4.73. The molecule has 0 aromatic carbocycles. The smallest absolute Gasteiger partial charge is 0.0657 e. The SMILES string of the molecule is CC=NCCOC. The molecule has 7 heavy (non-hydrogen) atoms. The molecule has 0 rings (SSSR count). The summed E-state index contributed by atoms with van der Waals surface area (Å²) < 4.78 is 4.73. The first-order valence-corrected chi connectivity index (χ1v) is 2.35. The molecule has 0 fully saturated rings. The van der Waals surface area contributed by atoms with Crippen LogP contribution in [0, 0.1) is 0 Å². The van der Waals surface area contributed by atoms with Gasteiger partial charge < -0.3 is 4.74 Å². The van der Waals surface area contributed by atoms with E-state index in [2.05, 4.69) is 4.99 Å². The van der Waals surface area contributed by atoms with Crippen LogP contribution in [0.4, 0.5) is 0 Å². The molecule has 0 N–H and O–H groups in total. The summed E-state index contributed by atoms with van der Waals surface area (Å²) in [5, 5.41) is 0. The number of ether oxygens (including phenoxy) is 1. The average molecular weight is 101 g/mol. The molecular formula is C5H11NO. The van der Waals surface area contributed by atoms with Crippen molar-refractivity contribution in [1.82, 2.24) is 0 Å². The molecule has 0 heterocycles. The van der Waals surface area contributed by atoms with E-state index in [1.807, 2.05) is 6.92 Å². The van der Waals surface area contributed by atoms with Crippen LogP contribution >= 0.6 is 0 Å². The molecule has 2 heteroatoms. The molecule has 42 valence electrons. The zero-order valence-electron chi connectivity index (χ0n) is 4.85. The third-order valence-electron chi connectivity index (χ3n) is 0.607. The van der Waals surface area contributed by atoms with Crippen molar-refractivity contribution in [2.24, 2.45) is 4.99 Å². The van der Waals surface area contributed by atoms with E-state index in [0.29, 0.717) is 0 Å². The van der Waals surface area contributed by atoms with Crippen molar-refractivity contribution in [3.05, 3.63) is 0 Å². The number of methoxy groups -OCH3 is 1. The van der Waals surface area contributed by atoms with Gasteiger partial charge in [-0.1, -0.05) is 0 Å². The Morgan fingerprint density at radius 2 is 2.43 bits per heavy atom. The van der Waals surface area contributed by atoms with Gasteiger partial charge in [-0.25, -0.2) is 0 Å². The Bertz CT molecular complexity index is 52.0. The van der Waals surface area contributed by atoms with Crippen molar-refractivity contribution < 1.29 is 4.74 Å². The van der Waals surface area contributed by atoms with Gasteiger partial charge in [0.1, 0.15) is 0 Å². The van der Waals surface area contributed by atoms with Gasteiger partial charge >= 0.3 is 0 Å². The van der Waals surface area contributed by atoms with E-state index >= 15 is 0 Å². The van der Waals surface area contributed by atoms with Gasteiger partial charge in [0.05, 0.1) is 13.2 Å². The summed E-state index contributed by atoms with van der Waals surface area (Å²) in [7, 11) is 1.67. The fraction of sp³-hybridized carbons (Fsp3) is 0.800. The maximum Gasteiger partial charge on any atom is 0.0657 e. The predicted octanol–water partition coefficient (Wildman–Crippen LogP) is 0.724. The highest BCUT2D eigenvalue weighted by atomic mass is 16.5. The summed E-state index contributed by atoms with van der Waals surface area (Å²) in [5.74, 6) is 0. The van der Waals surface area contributed by atoms with Crippen molar-refractivity contribution in [1.29, 1.82) is 0 Å². The van der Waals surface area contributed by atoms with Crippen LogP contribution in [0.25, 0.3) is 0 Å². The Kier molecular flexibility index (Phi) is 5.33. The first-order valence-electron chi connectivity index (χ1n) is 2.35. The fourth-order valence-electron chi connectivity index (χ4n) is 0.273. The van der Waals surface area contributed by atoms with Crippen molar-refractivity contribution in [2.45, 2.75) is 6.92 Å². The summed E-state index contributed by atoms with van der Waals surface area (Å²) in [5.41, 5.74) is 0. The van der Waals surface area contributed by atoms with E-state index in [0.717, 1.165) is 13.2 Å². The van der Waals surface area contributed by atoms with Crippen molar-refractivity contribution in [3.63, 3.8) is 0 Å². The minimum atomic E-state index is 0.727. The van der Waals surface area contributed by atoms with Crippen LogP contribution in [0.5, 0.6) is 0 Å². The number of aliphatic imine (C=N–C) groups is 1. The number of hydrogen-bond donors (Lipinski definition) is 0. The van der Waals surface area contributed by atoms with E-state index < -0.39 is 0 Å². The summed E-state index contributed by atoms with van der Waals surface area (Å²) in [6, 6.07) is 0. The van der Waals surface area contributed by atoms with Gasteiger partial charge in [-0.3, -0.25) is 4.99 Å². The van der Waals surface area contributed by atoms with E-state index in [4.69, 9.17) is 4.74 Å². The second-order valence-corrected chi connectivity index (χ2v) is 1.16. The van der Waals surface area contributed by atoms with Gasteiger partial charge in [0, 0.05) is 7.11 Å². The van der Waals surface area contributed by atoms with Crippen molar-refractivity contribution in [3.8, 4) is 0 Å². The first kappa shape index (κ1) is 6.63. The third-order valence-corrected chi connectivity index (χ3v) is 0.607. The first-order chi connectivity index (χ1) is 3.41. The van der Waals surface area contributed by atoms with Gasteiger partial charge in [0.15, 0.2) is 0 Å². The molecule has 0 aliphatic carbocycles. The zero-order chi connectivity index (χ0) is 5.54. The summed E-state index contributed by atoms with van der Waals surface area (Å²) in [6.45, 7) is 3.41. The number of nitrogens with zero attached hydrogens (tertiary/aromatic N) is 1. The molecule has 0 spiro atoms. The molecule has 0 unspecified atom stereocenters. The summed E-state index contributed by atoms with van der Waals surface area (Å²) in [6.07, 6.45) is 1.78. The van der Waals surface area contributed by atoms with Crippen LogP contribution in [-0.2, 0) is 4.74 Å². The highest BCUT2D eigenvalue weighted by Gasteiger charge is 1.72. The molecule has 0 aliphatic rings. The monoisotopic (exact) mass is 101 g/mol. The Hall–Kier alpha value is -0.370. The fourth-order valence-corrected chi connectivity index (χ4v) is 0.273. The van der Waals surface area contributed by atoms with Gasteiger partial charge in [-0.05, 0) is 13.1 Å². The van der Waals surface area contributed by atoms with Gasteiger partial charge in [0.2, 0.25) is 0 Å². The van der Waals surface area contributed by atoms with Crippen molar-refractivity contribution >= 4 is 6.21 Å². The standard InChI is InChI=1S/C5H11NO/c1-3-6-4-5-7-2/h3H,4-5H2,1-2H3. The quantitative estimate of drug-likeness (QED) is 0.379.